The van der Waals surface area contributed by atoms with Gasteiger partial charge in [0.2, 0.25) is 0 Å². The van der Waals surface area contributed by atoms with E-state index in [2.05, 4.69) is 16.3 Å². The molecule has 3 aromatic rings. The minimum Gasteiger partial charge on any atom is -0.497 e. The molecule has 0 radical (unpaired) electrons. The zero-order valence-electron chi connectivity index (χ0n) is 10.2. The van der Waals surface area contributed by atoms with Gasteiger partial charge in [0.25, 0.3) is 0 Å². The summed E-state index contributed by atoms with van der Waals surface area (Å²) in [7, 11) is 1.63. The molecule has 5 nitrogen and oxygen atoms in total. The average Bonchev–Trinajstić information content (AvgIpc) is 2.90. The number of rotatable bonds is 2. The normalized spacial score (nSPS) is 10.3. The van der Waals surface area contributed by atoms with Crippen LogP contribution in [0.4, 0.5) is 0 Å². The second kappa shape index (κ2) is 4.42. The van der Waals surface area contributed by atoms with Gasteiger partial charge in [-0.1, -0.05) is 0 Å². The average molecular weight is 250 g/mol. The maximum atomic E-state index is 8.94. The van der Waals surface area contributed by atoms with E-state index in [1.165, 1.54) is 0 Å². The number of methoxy groups -OCH3 is 1. The van der Waals surface area contributed by atoms with Crippen LogP contribution in [0.5, 0.6) is 5.75 Å². The van der Waals surface area contributed by atoms with Gasteiger partial charge in [-0.05, 0) is 36.4 Å². The molecule has 0 spiro atoms. The molecule has 0 unspecified atom stereocenters. The van der Waals surface area contributed by atoms with Gasteiger partial charge in [-0.2, -0.15) is 5.26 Å². The highest BCUT2D eigenvalue weighted by Crippen LogP contribution is 2.21. The number of nitriles is 1. The molecule has 19 heavy (non-hydrogen) atoms. The maximum absolute atomic E-state index is 8.94. The van der Waals surface area contributed by atoms with Gasteiger partial charge in [-0.15, -0.1) is 10.2 Å². The zero-order valence-corrected chi connectivity index (χ0v) is 10.2. The number of ether oxygens (including phenoxy) is 1. The summed E-state index contributed by atoms with van der Waals surface area (Å²) in [5.74, 6) is 1.49. The van der Waals surface area contributed by atoms with Crippen LogP contribution in [0.1, 0.15) is 5.56 Å². The van der Waals surface area contributed by atoms with Gasteiger partial charge in [0.15, 0.2) is 11.5 Å². The summed E-state index contributed by atoms with van der Waals surface area (Å²) in [4.78, 5) is 0. The summed E-state index contributed by atoms with van der Waals surface area (Å²) in [5.41, 5.74) is 2.20. The standard InChI is InChI=1S/C14H10N4O/c1-19-12-5-3-11(4-6-12)14-17-16-13-7-2-10(8-15)9-18(13)14/h2-7,9H,1H3. The molecule has 0 saturated carbocycles. The van der Waals surface area contributed by atoms with E-state index < -0.39 is 0 Å². The minimum absolute atomic E-state index is 0.571. The van der Waals surface area contributed by atoms with Crippen LogP contribution >= 0.6 is 0 Å². The van der Waals surface area contributed by atoms with Crippen LogP contribution in [0.2, 0.25) is 0 Å². The third-order valence-corrected chi connectivity index (χ3v) is 2.88. The van der Waals surface area contributed by atoms with Crippen LogP contribution in [0.25, 0.3) is 17.0 Å². The van der Waals surface area contributed by atoms with Crippen LogP contribution in [0, 0.1) is 11.3 Å². The summed E-state index contributed by atoms with van der Waals surface area (Å²) in [5, 5.41) is 17.2. The van der Waals surface area contributed by atoms with Crippen molar-refractivity contribution in [3.63, 3.8) is 0 Å². The topological polar surface area (TPSA) is 63.2 Å². The first-order valence-electron chi connectivity index (χ1n) is 5.71. The molecule has 0 aliphatic rings. The number of hydrogen-bond donors (Lipinski definition) is 0. The lowest BCUT2D eigenvalue weighted by atomic mass is 10.2. The van der Waals surface area contributed by atoms with Crippen molar-refractivity contribution in [2.75, 3.05) is 7.11 Å². The zero-order chi connectivity index (χ0) is 13.2. The lowest BCUT2D eigenvalue weighted by Crippen LogP contribution is -1.91. The summed E-state index contributed by atoms with van der Waals surface area (Å²) in [6, 6.07) is 13.2. The summed E-state index contributed by atoms with van der Waals surface area (Å²) < 4.78 is 6.93. The van der Waals surface area contributed by atoms with Crippen molar-refractivity contribution in [2.24, 2.45) is 0 Å². The van der Waals surface area contributed by atoms with E-state index >= 15 is 0 Å². The van der Waals surface area contributed by atoms with Crippen LogP contribution in [0.15, 0.2) is 42.6 Å². The van der Waals surface area contributed by atoms with Crippen LogP contribution in [0.3, 0.4) is 0 Å². The van der Waals surface area contributed by atoms with E-state index in [1.54, 1.807) is 29.8 Å². The molecular formula is C14H10N4O. The maximum Gasteiger partial charge on any atom is 0.168 e. The first-order chi connectivity index (χ1) is 9.31. The first-order valence-corrected chi connectivity index (χ1v) is 5.71. The van der Waals surface area contributed by atoms with Crippen molar-refractivity contribution in [3.8, 4) is 23.2 Å². The predicted octanol–water partition coefficient (Wildman–Crippen LogP) is 2.28. The quantitative estimate of drug-likeness (QED) is 0.700. The molecule has 2 heterocycles. The van der Waals surface area contributed by atoms with Crippen molar-refractivity contribution < 1.29 is 4.74 Å². The number of aromatic nitrogens is 3. The fraction of sp³-hybridized carbons (Fsp3) is 0.0714. The number of benzene rings is 1. The third-order valence-electron chi connectivity index (χ3n) is 2.88. The van der Waals surface area contributed by atoms with Crippen LogP contribution in [-0.4, -0.2) is 21.7 Å². The van der Waals surface area contributed by atoms with Crippen molar-refractivity contribution in [3.05, 3.63) is 48.2 Å². The summed E-state index contributed by atoms with van der Waals surface area (Å²) in [6.07, 6.45) is 1.73. The Hall–Kier alpha value is -2.87. The minimum atomic E-state index is 0.571. The van der Waals surface area contributed by atoms with E-state index in [4.69, 9.17) is 10.00 Å². The third kappa shape index (κ3) is 1.89. The molecule has 5 heteroatoms. The Balaban J connectivity index is 2.16. The number of nitrogens with zero attached hydrogens (tertiary/aromatic N) is 4. The molecule has 3 rings (SSSR count). The second-order valence-corrected chi connectivity index (χ2v) is 4.01. The summed E-state index contributed by atoms with van der Waals surface area (Å²) in [6.45, 7) is 0. The Morgan fingerprint density at radius 1 is 1.11 bits per heavy atom. The van der Waals surface area contributed by atoms with Gasteiger partial charge in [0.1, 0.15) is 11.8 Å². The molecule has 1 aromatic carbocycles. The monoisotopic (exact) mass is 250 g/mol. The number of fused-ring (bicyclic) bond motifs is 1. The van der Waals surface area contributed by atoms with Gasteiger partial charge < -0.3 is 4.74 Å². The van der Waals surface area contributed by atoms with Crippen molar-refractivity contribution >= 4 is 5.65 Å². The van der Waals surface area contributed by atoms with Gasteiger partial charge in [0, 0.05) is 11.8 Å². The molecule has 0 N–H and O–H groups in total. The van der Waals surface area contributed by atoms with Gasteiger partial charge in [-0.3, -0.25) is 4.40 Å². The van der Waals surface area contributed by atoms with Gasteiger partial charge in [-0.25, -0.2) is 0 Å². The molecule has 0 bridgehead atoms. The van der Waals surface area contributed by atoms with Gasteiger partial charge >= 0.3 is 0 Å². The smallest absolute Gasteiger partial charge is 0.168 e. The van der Waals surface area contributed by atoms with E-state index in [0.29, 0.717) is 17.0 Å². The molecule has 92 valence electrons. The molecule has 0 atom stereocenters. The van der Waals surface area contributed by atoms with Crippen LogP contribution in [-0.2, 0) is 0 Å². The molecule has 0 fully saturated rings. The number of pyridine rings is 1. The fourth-order valence-electron chi connectivity index (χ4n) is 1.89. The Bertz CT molecular complexity index is 768. The highest BCUT2D eigenvalue weighted by Gasteiger charge is 2.08. The molecule has 0 amide bonds. The lowest BCUT2D eigenvalue weighted by Gasteiger charge is -2.02. The second-order valence-electron chi connectivity index (χ2n) is 4.01. The Morgan fingerprint density at radius 2 is 1.89 bits per heavy atom. The fourth-order valence-corrected chi connectivity index (χ4v) is 1.89. The lowest BCUT2D eigenvalue weighted by molar-refractivity contribution is 0.415. The Morgan fingerprint density at radius 3 is 2.58 bits per heavy atom. The van der Waals surface area contributed by atoms with Crippen molar-refractivity contribution in [1.82, 2.24) is 14.6 Å². The van der Waals surface area contributed by atoms with E-state index in [9.17, 15) is 0 Å². The van der Waals surface area contributed by atoms with Crippen molar-refractivity contribution in [1.29, 1.82) is 5.26 Å². The molecule has 0 aliphatic carbocycles. The van der Waals surface area contributed by atoms with Crippen molar-refractivity contribution in [2.45, 2.75) is 0 Å². The Labute approximate surface area is 109 Å². The SMILES string of the molecule is COc1ccc(-c2nnc3ccc(C#N)cn23)cc1. The first kappa shape index (κ1) is 11.2. The highest BCUT2D eigenvalue weighted by atomic mass is 16.5. The van der Waals surface area contributed by atoms with E-state index in [-0.39, 0.29) is 0 Å². The highest BCUT2D eigenvalue weighted by molar-refractivity contribution is 5.61. The largest absolute Gasteiger partial charge is 0.497 e. The predicted molar refractivity (Wildman–Crippen MR) is 69.7 cm³/mol. The van der Waals surface area contributed by atoms with Gasteiger partial charge in [0.05, 0.1) is 12.7 Å². The van der Waals surface area contributed by atoms with Crippen LogP contribution < -0.4 is 4.74 Å². The van der Waals surface area contributed by atoms with E-state index in [0.717, 1.165) is 11.3 Å². The molecule has 2 aromatic heterocycles. The molecule has 0 aliphatic heterocycles. The van der Waals surface area contributed by atoms with E-state index in [1.807, 2.05) is 24.3 Å². The number of hydrogen-bond acceptors (Lipinski definition) is 4. The molecule has 0 saturated heterocycles. The Kier molecular flexibility index (Phi) is 2.62. The molecular weight excluding hydrogens is 240 g/mol. The summed E-state index contributed by atoms with van der Waals surface area (Å²) >= 11 is 0.